The van der Waals surface area contributed by atoms with Gasteiger partial charge in [0.1, 0.15) is 0 Å². The molecule has 4 atom stereocenters. The number of nitrogens with zero attached hydrogens (tertiary/aromatic N) is 1. The highest BCUT2D eigenvalue weighted by molar-refractivity contribution is 9.09. The Morgan fingerprint density at radius 1 is 1.12 bits per heavy atom. The van der Waals surface area contributed by atoms with E-state index in [0.717, 1.165) is 23.7 Å². The van der Waals surface area contributed by atoms with E-state index < -0.39 is 0 Å². The van der Waals surface area contributed by atoms with Gasteiger partial charge in [0.05, 0.1) is 0 Å². The summed E-state index contributed by atoms with van der Waals surface area (Å²) >= 11 is 3.58. The molecule has 0 aromatic heterocycles. The molecule has 2 aliphatic carbocycles. The lowest BCUT2D eigenvalue weighted by Gasteiger charge is -2.27. The van der Waals surface area contributed by atoms with Gasteiger partial charge < -0.3 is 4.90 Å². The smallest absolute Gasteiger partial charge is 0.00344 e. The van der Waals surface area contributed by atoms with Crippen molar-refractivity contribution in [1.82, 2.24) is 4.90 Å². The molecule has 3 aliphatic rings. The van der Waals surface area contributed by atoms with Crippen LogP contribution in [0.2, 0.25) is 0 Å². The predicted molar refractivity (Wildman–Crippen MR) is 71.9 cm³/mol. The van der Waals surface area contributed by atoms with Gasteiger partial charge in [0.2, 0.25) is 0 Å². The molecule has 0 aromatic rings. The van der Waals surface area contributed by atoms with Gasteiger partial charge in [0.15, 0.2) is 0 Å². The summed E-state index contributed by atoms with van der Waals surface area (Å²) in [6.45, 7) is 4.20. The van der Waals surface area contributed by atoms with Gasteiger partial charge in [-0.3, -0.25) is 0 Å². The lowest BCUT2D eigenvalue weighted by molar-refractivity contribution is 0.214. The largest absolute Gasteiger partial charge is 0.303 e. The molecule has 1 saturated heterocycles. The van der Waals surface area contributed by atoms with Crippen molar-refractivity contribution in [3.63, 3.8) is 0 Å². The van der Waals surface area contributed by atoms with Crippen molar-refractivity contribution in [3.8, 4) is 0 Å². The summed E-state index contributed by atoms with van der Waals surface area (Å²) in [6, 6.07) is 0. The predicted octanol–water partition coefficient (Wildman–Crippen LogP) is 3.53. The van der Waals surface area contributed by atoms with Crippen molar-refractivity contribution < 1.29 is 0 Å². The van der Waals surface area contributed by atoms with E-state index in [9.17, 15) is 0 Å². The summed E-state index contributed by atoms with van der Waals surface area (Å²) < 4.78 is 0. The van der Waals surface area contributed by atoms with Crippen LogP contribution in [0.3, 0.4) is 0 Å². The first kappa shape index (κ1) is 11.5. The summed E-state index contributed by atoms with van der Waals surface area (Å²) in [5.74, 6) is 4.29. The number of rotatable bonds is 4. The fourth-order valence-electron chi connectivity index (χ4n) is 4.40. The molecule has 4 unspecified atom stereocenters. The van der Waals surface area contributed by atoms with Crippen molar-refractivity contribution in [2.75, 3.05) is 25.0 Å². The quantitative estimate of drug-likeness (QED) is 0.715. The Kier molecular flexibility index (Phi) is 3.58. The van der Waals surface area contributed by atoms with Gasteiger partial charge >= 0.3 is 0 Å². The maximum Gasteiger partial charge on any atom is 0.00344 e. The first-order valence-corrected chi connectivity index (χ1v) is 8.25. The van der Waals surface area contributed by atoms with Gasteiger partial charge in [-0.15, -0.1) is 0 Å². The molecule has 2 heteroatoms. The number of hydrogen-bond donors (Lipinski definition) is 0. The molecule has 3 fully saturated rings. The monoisotopic (exact) mass is 285 g/mol. The maximum absolute atomic E-state index is 3.58. The Bertz CT molecular complexity index is 243. The summed E-state index contributed by atoms with van der Waals surface area (Å²) in [5, 5.41) is 1.19. The standard InChI is InChI=1S/C14H24BrN/c15-5-3-11-4-6-16(9-11)10-14-8-12-1-2-13(14)7-12/h11-14H,1-10H2. The van der Waals surface area contributed by atoms with Crippen molar-refractivity contribution in [2.45, 2.75) is 38.5 Å². The van der Waals surface area contributed by atoms with Crippen LogP contribution in [0.1, 0.15) is 38.5 Å². The molecule has 92 valence electrons. The van der Waals surface area contributed by atoms with Gasteiger partial charge in [-0.25, -0.2) is 0 Å². The van der Waals surface area contributed by atoms with Crippen molar-refractivity contribution in [3.05, 3.63) is 0 Å². The van der Waals surface area contributed by atoms with Crippen LogP contribution in [-0.4, -0.2) is 29.9 Å². The molecule has 2 saturated carbocycles. The minimum atomic E-state index is 0.984. The van der Waals surface area contributed by atoms with Crippen LogP contribution in [0.25, 0.3) is 0 Å². The molecule has 0 amide bonds. The molecular formula is C14H24BrN. The van der Waals surface area contributed by atoms with E-state index in [-0.39, 0.29) is 0 Å². The third-order valence-corrected chi connectivity index (χ3v) is 5.72. The third kappa shape index (κ3) is 2.33. The Labute approximate surface area is 108 Å². The van der Waals surface area contributed by atoms with E-state index in [4.69, 9.17) is 0 Å². The van der Waals surface area contributed by atoms with Gasteiger partial charge in [-0.05, 0) is 62.3 Å². The molecule has 1 aliphatic heterocycles. The van der Waals surface area contributed by atoms with E-state index in [0.29, 0.717) is 0 Å². The highest BCUT2D eigenvalue weighted by Gasteiger charge is 2.40. The fraction of sp³-hybridized carbons (Fsp3) is 1.00. The number of likely N-dealkylation sites (tertiary alicyclic amines) is 1. The molecule has 16 heavy (non-hydrogen) atoms. The van der Waals surface area contributed by atoms with Crippen LogP contribution in [0, 0.1) is 23.7 Å². The SMILES string of the molecule is BrCCC1CCN(CC2CC3CCC2C3)C1. The average Bonchev–Trinajstić information content (AvgIpc) is 2.95. The van der Waals surface area contributed by atoms with Crippen LogP contribution in [0.5, 0.6) is 0 Å². The summed E-state index contributed by atoms with van der Waals surface area (Å²) in [4.78, 5) is 2.76. The van der Waals surface area contributed by atoms with Crippen molar-refractivity contribution >= 4 is 15.9 Å². The Morgan fingerprint density at radius 3 is 2.75 bits per heavy atom. The van der Waals surface area contributed by atoms with Crippen LogP contribution >= 0.6 is 15.9 Å². The van der Waals surface area contributed by atoms with Gasteiger partial charge in [0, 0.05) is 18.4 Å². The summed E-state index contributed by atoms with van der Waals surface area (Å²) in [5.41, 5.74) is 0. The number of hydrogen-bond acceptors (Lipinski definition) is 1. The number of fused-ring (bicyclic) bond motifs is 2. The van der Waals surface area contributed by atoms with Crippen molar-refractivity contribution in [2.24, 2.45) is 23.7 Å². The molecule has 1 nitrogen and oxygen atoms in total. The highest BCUT2D eigenvalue weighted by atomic mass is 79.9. The summed E-state index contributed by atoms with van der Waals surface area (Å²) in [6.07, 6.45) is 9.06. The second-order valence-corrected chi connectivity index (χ2v) is 7.12. The zero-order valence-electron chi connectivity index (χ0n) is 10.2. The zero-order chi connectivity index (χ0) is 11.0. The fourth-order valence-corrected chi connectivity index (χ4v) is 5.05. The number of halogens is 1. The molecule has 0 spiro atoms. The lowest BCUT2D eigenvalue weighted by atomic mass is 9.88. The minimum absolute atomic E-state index is 0.984. The minimum Gasteiger partial charge on any atom is -0.303 e. The zero-order valence-corrected chi connectivity index (χ0v) is 11.8. The van der Waals surface area contributed by atoms with Crippen LogP contribution in [0.15, 0.2) is 0 Å². The molecule has 0 N–H and O–H groups in total. The Morgan fingerprint density at radius 2 is 2.06 bits per heavy atom. The van der Waals surface area contributed by atoms with E-state index in [2.05, 4.69) is 20.8 Å². The normalized spacial score (nSPS) is 43.3. The van der Waals surface area contributed by atoms with E-state index >= 15 is 0 Å². The van der Waals surface area contributed by atoms with Crippen molar-refractivity contribution in [1.29, 1.82) is 0 Å². The maximum atomic E-state index is 3.58. The Balaban J connectivity index is 1.46. The van der Waals surface area contributed by atoms with E-state index in [1.165, 1.54) is 37.8 Å². The topological polar surface area (TPSA) is 3.24 Å². The van der Waals surface area contributed by atoms with Crippen LogP contribution in [0.4, 0.5) is 0 Å². The second kappa shape index (κ2) is 4.97. The molecule has 0 aromatic carbocycles. The van der Waals surface area contributed by atoms with E-state index in [1.54, 1.807) is 25.7 Å². The molecule has 3 rings (SSSR count). The molecule has 1 heterocycles. The third-order valence-electron chi connectivity index (χ3n) is 5.26. The molecular weight excluding hydrogens is 262 g/mol. The van der Waals surface area contributed by atoms with Gasteiger partial charge in [-0.1, -0.05) is 22.4 Å². The van der Waals surface area contributed by atoms with Crippen LogP contribution in [-0.2, 0) is 0 Å². The molecule has 0 radical (unpaired) electrons. The second-order valence-electron chi connectivity index (χ2n) is 6.33. The number of alkyl halides is 1. The van der Waals surface area contributed by atoms with Crippen LogP contribution < -0.4 is 0 Å². The first-order valence-electron chi connectivity index (χ1n) is 7.13. The van der Waals surface area contributed by atoms with E-state index in [1.807, 2.05) is 0 Å². The Hall–Kier alpha value is 0.440. The molecule has 2 bridgehead atoms. The van der Waals surface area contributed by atoms with Gasteiger partial charge in [-0.2, -0.15) is 0 Å². The lowest BCUT2D eigenvalue weighted by Crippen LogP contribution is -2.30. The highest BCUT2D eigenvalue weighted by Crippen LogP contribution is 2.48. The first-order chi connectivity index (χ1) is 7.85. The summed E-state index contributed by atoms with van der Waals surface area (Å²) in [7, 11) is 0. The van der Waals surface area contributed by atoms with Gasteiger partial charge in [0.25, 0.3) is 0 Å². The average molecular weight is 286 g/mol.